The molecule has 0 unspecified atom stereocenters. The van der Waals surface area contributed by atoms with Crippen LogP contribution in [-0.2, 0) is 10.9 Å². The van der Waals surface area contributed by atoms with Crippen LogP contribution < -0.4 is 16.0 Å². The second-order valence-electron chi connectivity index (χ2n) is 6.86. The molecule has 2 aromatic carbocycles. The minimum absolute atomic E-state index is 0.0751. The van der Waals surface area contributed by atoms with Crippen molar-refractivity contribution in [3.05, 3.63) is 47.3 Å². The predicted octanol–water partition coefficient (Wildman–Crippen LogP) is 4.36. The van der Waals surface area contributed by atoms with Gasteiger partial charge in [-0.1, -0.05) is 12.1 Å². The Bertz CT molecular complexity index is 942. The fourth-order valence-electron chi connectivity index (χ4n) is 3.33. The molecule has 1 aliphatic carbocycles. The van der Waals surface area contributed by atoms with Gasteiger partial charge in [0.1, 0.15) is 5.82 Å². The van der Waals surface area contributed by atoms with Crippen molar-refractivity contribution in [3.8, 4) is 11.1 Å². The zero-order chi connectivity index (χ0) is 20.1. The molecule has 0 atom stereocenters. The average molecular weight is 395 g/mol. The van der Waals surface area contributed by atoms with Crippen molar-refractivity contribution in [2.24, 2.45) is 5.92 Å². The Labute approximate surface area is 158 Å². The summed E-state index contributed by atoms with van der Waals surface area (Å²) in [5, 5.41) is 1.64. The second-order valence-corrected chi connectivity index (χ2v) is 6.86. The van der Waals surface area contributed by atoms with Gasteiger partial charge in [-0.2, -0.15) is 13.2 Å². The van der Waals surface area contributed by atoms with Crippen LogP contribution in [0.5, 0.6) is 0 Å². The third kappa shape index (κ3) is 3.26. The second kappa shape index (κ2) is 6.66. The SMILES string of the molecule is COC(=O)c1ccc(-c2ccc3c(c2C(F)(F)F)NNN3CC2CC2)c(F)c1. The fourth-order valence-corrected chi connectivity index (χ4v) is 3.33. The maximum Gasteiger partial charge on any atom is 0.419 e. The number of nitrogens with one attached hydrogen (secondary N) is 2. The van der Waals surface area contributed by atoms with Crippen LogP contribution >= 0.6 is 0 Å². The van der Waals surface area contributed by atoms with Gasteiger partial charge in [0.05, 0.1) is 29.6 Å². The number of carbonyl (C=O) groups excluding carboxylic acids is 1. The minimum Gasteiger partial charge on any atom is -0.465 e. The van der Waals surface area contributed by atoms with Crippen molar-refractivity contribution in [2.75, 3.05) is 24.1 Å². The molecule has 4 rings (SSSR count). The summed E-state index contributed by atoms with van der Waals surface area (Å²) in [6.07, 6.45) is -2.61. The lowest BCUT2D eigenvalue weighted by Crippen LogP contribution is -2.37. The molecular weight excluding hydrogens is 378 g/mol. The number of benzene rings is 2. The number of esters is 1. The summed E-state index contributed by atoms with van der Waals surface area (Å²) in [7, 11) is 1.14. The third-order valence-electron chi connectivity index (χ3n) is 4.89. The molecular formula is C19H17F4N3O2. The molecule has 5 nitrogen and oxygen atoms in total. The van der Waals surface area contributed by atoms with Crippen molar-refractivity contribution in [3.63, 3.8) is 0 Å². The Morgan fingerprint density at radius 3 is 2.54 bits per heavy atom. The number of rotatable bonds is 4. The molecule has 0 spiro atoms. The summed E-state index contributed by atoms with van der Waals surface area (Å²) in [4.78, 5) is 11.5. The number of carbonyl (C=O) groups is 1. The molecule has 0 amide bonds. The molecule has 2 N–H and O–H groups in total. The van der Waals surface area contributed by atoms with E-state index in [4.69, 9.17) is 0 Å². The number of hydrogen-bond acceptors (Lipinski definition) is 5. The topological polar surface area (TPSA) is 53.6 Å². The molecule has 0 bridgehead atoms. The van der Waals surface area contributed by atoms with E-state index in [9.17, 15) is 22.4 Å². The van der Waals surface area contributed by atoms with E-state index in [1.165, 1.54) is 18.2 Å². The van der Waals surface area contributed by atoms with Gasteiger partial charge in [0.25, 0.3) is 0 Å². The molecule has 1 heterocycles. The van der Waals surface area contributed by atoms with E-state index in [1.807, 2.05) is 0 Å². The maximum absolute atomic E-state index is 14.6. The van der Waals surface area contributed by atoms with Gasteiger partial charge >= 0.3 is 12.1 Å². The highest BCUT2D eigenvalue weighted by Gasteiger charge is 2.41. The zero-order valence-corrected chi connectivity index (χ0v) is 14.9. The standard InChI is InChI=1S/C19H17F4N3O2/c1-28-18(27)11-4-5-12(14(20)8-11)13-6-7-15-17(16(13)19(21,22)23)24-25-26(15)9-10-2-3-10/h4-8,10,24-25H,2-3,9H2,1H3. The van der Waals surface area contributed by atoms with Crippen LogP contribution in [0.3, 0.4) is 0 Å². The van der Waals surface area contributed by atoms with Crippen LogP contribution in [0.4, 0.5) is 28.9 Å². The number of anilines is 2. The fraction of sp³-hybridized carbons (Fsp3) is 0.316. The monoisotopic (exact) mass is 395 g/mol. The Kier molecular flexibility index (Phi) is 4.41. The van der Waals surface area contributed by atoms with Crippen LogP contribution in [0.25, 0.3) is 11.1 Å². The molecule has 2 aromatic rings. The van der Waals surface area contributed by atoms with E-state index < -0.39 is 23.5 Å². The van der Waals surface area contributed by atoms with Crippen molar-refractivity contribution in [2.45, 2.75) is 19.0 Å². The zero-order valence-electron chi connectivity index (χ0n) is 14.9. The first-order chi connectivity index (χ1) is 13.3. The third-order valence-corrected chi connectivity index (χ3v) is 4.89. The molecule has 0 saturated heterocycles. The molecule has 1 saturated carbocycles. The smallest absolute Gasteiger partial charge is 0.419 e. The Morgan fingerprint density at radius 1 is 1.21 bits per heavy atom. The lowest BCUT2D eigenvalue weighted by Gasteiger charge is -2.19. The molecule has 1 fully saturated rings. The molecule has 0 radical (unpaired) electrons. The molecule has 28 heavy (non-hydrogen) atoms. The van der Waals surface area contributed by atoms with E-state index in [0.717, 1.165) is 32.1 Å². The number of ether oxygens (including phenoxy) is 1. The van der Waals surface area contributed by atoms with E-state index in [0.29, 0.717) is 18.2 Å². The van der Waals surface area contributed by atoms with Crippen LogP contribution in [0.1, 0.15) is 28.8 Å². The Hall–Kier alpha value is -2.81. The van der Waals surface area contributed by atoms with Crippen molar-refractivity contribution >= 4 is 17.3 Å². The number of fused-ring (bicyclic) bond motifs is 1. The summed E-state index contributed by atoms with van der Waals surface area (Å²) in [5.74, 6) is -1.25. The summed E-state index contributed by atoms with van der Waals surface area (Å²) in [5.41, 5.74) is 4.00. The van der Waals surface area contributed by atoms with Gasteiger partial charge < -0.3 is 10.2 Å². The number of alkyl halides is 3. The molecule has 1 aliphatic heterocycles. The van der Waals surface area contributed by atoms with Gasteiger partial charge in [-0.3, -0.25) is 5.01 Å². The quantitative estimate of drug-likeness (QED) is 0.595. The van der Waals surface area contributed by atoms with Crippen molar-refractivity contribution in [1.29, 1.82) is 0 Å². The predicted molar refractivity (Wildman–Crippen MR) is 95.0 cm³/mol. The van der Waals surface area contributed by atoms with Crippen molar-refractivity contribution in [1.82, 2.24) is 5.53 Å². The lowest BCUT2D eigenvalue weighted by molar-refractivity contribution is -0.136. The van der Waals surface area contributed by atoms with Gasteiger partial charge in [0.2, 0.25) is 0 Å². The van der Waals surface area contributed by atoms with Crippen LogP contribution in [-0.4, -0.2) is 19.6 Å². The summed E-state index contributed by atoms with van der Waals surface area (Å²) in [6.45, 7) is 0.596. The molecule has 0 aromatic heterocycles. The number of methoxy groups -OCH3 is 1. The average Bonchev–Trinajstić information content (AvgIpc) is 3.38. The number of hydrazine groups is 2. The highest BCUT2D eigenvalue weighted by molar-refractivity contribution is 5.91. The number of halogens is 4. The molecule has 2 aliphatic rings. The van der Waals surface area contributed by atoms with Gasteiger partial charge in [-0.15, -0.1) is 5.53 Å². The van der Waals surface area contributed by atoms with E-state index in [2.05, 4.69) is 15.7 Å². The summed E-state index contributed by atoms with van der Waals surface area (Å²) < 4.78 is 60.8. The molecule has 148 valence electrons. The van der Waals surface area contributed by atoms with Gasteiger partial charge in [0, 0.05) is 12.1 Å². The number of nitrogens with zero attached hydrogens (tertiary/aromatic N) is 1. The Balaban J connectivity index is 1.81. The highest BCUT2D eigenvalue weighted by atomic mass is 19.4. The largest absolute Gasteiger partial charge is 0.465 e. The first-order valence-electron chi connectivity index (χ1n) is 8.71. The van der Waals surface area contributed by atoms with E-state index in [-0.39, 0.29) is 22.4 Å². The van der Waals surface area contributed by atoms with E-state index >= 15 is 0 Å². The van der Waals surface area contributed by atoms with E-state index in [1.54, 1.807) is 5.01 Å². The number of hydrogen-bond donors (Lipinski definition) is 2. The summed E-state index contributed by atoms with van der Waals surface area (Å²) >= 11 is 0. The molecule has 9 heteroatoms. The first kappa shape index (κ1) is 18.5. The van der Waals surface area contributed by atoms with Gasteiger partial charge in [-0.05, 0) is 42.5 Å². The van der Waals surface area contributed by atoms with Crippen LogP contribution in [0.2, 0.25) is 0 Å². The first-order valence-corrected chi connectivity index (χ1v) is 8.71. The maximum atomic E-state index is 14.6. The Morgan fingerprint density at radius 2 is 1.93 bits per heavy atom. The van der Waals surface area contributed by atoms with Gasteiger partial charge in [-0.25, -0.2) is 9.18 Å². The minimum atomic E-state index is -4.71. The lowest BCUT2D eigenvalue weighted by atomic mass is 9.95. The van der Waals surface area contributed by atoms with Crippen molar-refractivity contribution < 1.29 is 27.1 Å². The van der Waals surface area contributed by atoms with Crippen LogP contribution in [0, 0.1) is 11.7 Å². The highest BCUT2D eigenvalue weighted by Crippen LogP contribution is 2.48. The van der Waals surface area contributed by atoms with Gasteiger partial charge in [0.15, 0.2) is 0 Å². The van der Waals surface area contributed by atoms with Crippen LogP contribution in [0.15, 0.2) is 30.3 Å². The summed E-state index contributed by atoms with van der Waals surface area (Å²) in [6, 6.07) is 6.06. The normalized spacial score (nSPS) is 16.0.